The molecular weight excluding hydrogens is 214 g/mol. The maximum atomic E-state index is 11.3. The highest BCUT2D eigenvalue weighted by Gasteiger charge is 2.15. The van der Waals surface area contributed by atoms with Gasteiger partial charge in [0, 0.05) is 0 Å². The summed E-state index contributed by atoms with van der Waals surface area (Å²) in [6.07, 6.45) is 0. The molecule has 0 radical (unpaired) electrons. The predicted molar refractivity (Wildman–Crippen MR) is 54.5 cm³/mol. The third-order valence-electron chi connectivity index (χ3n) is 1.97. The van der Waals surface area contributed by atoms with E-state index >= 15 is 0 Å². The maximum Gasteiger partial charge on any atom is 0.340 e. The fourth-order valence-corrected chi connectivity index (χ4v) is 1.17. The van der Waals surface area contributed by atoms with Gasteiger partial charge in [0.25, 0.3) is 0 Å². The predicted octanol–water partition coefficient (Wildman–Crippen LogP) is 1.06. The summed E-state index contributed by atoms with van der Waals surface area (Å²) in [4.78, 5) is 22.5. The number of hydrogen-bond donors (Lipinski definition) is 2. The molecular formula is C10H11NO5. The molecule has 0 spiro atoms. The molecule has 0 aromatic heterocycles. The van der Waals surface area contributed by atoms with Gasteiger partial charge in [-0.1, -0.05) is 0 Å². The number of hydrogen-bond acceptors (Lipinski definition) is 6. The molecule has 1 aromatic rings. The highest BCUT2D eigenvalue weighted by molar-refractivity contribution is 5.99. The Hall–Kier alpha value is -2.08. The Balaban J connectivity index is 3.21. The van der Waals surface area contributed by atoms with Gasteiger partial charge in [-0.3, -0.25) is 10.7 Å². The van der Waals surface area contributed by atoms with Crippen LogP contribution in [0.15, 0.2) is 18.2 Å². The normalized spacial score (nSPS) is 9.44. The van der Waals surface area contributed by atoms with Gasteiger partial charge in [-0.2, -0.15) is 0 Å². The number of rotatable bonds is 3. The van der Waals surface area contributed by atoms with Gasteiger partial charge in [0.2, 0.25) is 0 Å². The van der Waals surface area contributed by atoms with E-state index < -0.39 is 11.9 Å². The van der Waals surface area contributed by atoms with Crippen molar-refractivity contribution in [3.05, 3.63) is 29.3 Å². The monoisotopic (exact) mass is 225 g/mol. The van der Waals surface area contributed by atoms with Crippen molar-refractivity contribution in [1.29, 1.82) is 0 Å². The molecule has 0 atom stereocenters. The van der Waals surface area contributed by atoms with Crippen molar-refractivity contribution in [1.82, 2.24) is 0 Å². The molecule has 6 heteroatoms. The van der Waals surface area contributed by atoms with Gasteiger partial charge in [-0.05, 0) is 18.2 Å². The molecule has 0 heterocycles. The van der Waals surface area contributed by atoms with E-state index in [-0.39, 0.29) is 16.8 Å². The highest BCUT2D eigenvalue weighted by Crippen LogP contribution is 2.18. The number of carbonyl (C=O) groups excluding carboxylic acids is 2. The van der Waals surface area contributed by atoms with Crippen molar-refractivity contribution in [2.45, 2.75) is 0 Å². The van der Waals surface area contributed by atoms with Crippen LogP contribution >= 0.6 is 0 Å². The number of nitrogens with one attached hydrogen (secondary N) is 1. The minimum atomic E-state index is -0.665. The van der Waals surface area contributed by atoms with Crippen molar-refractivity contribution in [3.63, 3.8) is 0 Å². The average molecular weight is 225 g/mol. The standard InChI is InChI=1S/C10H11NO5/c1-15-9(12)6-3-4-8(11-14)7(5-6)10(13)16-2/h3-5,11,14H,1-2H3. The van der Waals surface area contributed by atoms with E-state index in [9.17, 15) is 9.59 Å². The molecule has 0 amide bonds. The molecule has 0 saturated heterocycles. The molecule has 2 N–H and O–H groups in total. The van der Waals surface area contributed by atoms with Crippen LogP contribution in [0.5, 0.6) is 0 Å². The maximum absolute atomic E-state index is 11.3. The van der Waals surface area contributed by atoms with Gasteiger partial charge in [-0.25, -0.2) is 9.59 Å². The Labute approximate surface area is 91.7 Å². The van der Waals surface area contributed by atoms with E-state index in [0.717, 1.165) is 0 Å². The summed E-state index contributed by atoms with van der Waals surface area (Å²) in [5.74, 6) is -1.24. The van der Waals surface area contributed by atoms with Crippen molar-refractivity contribution in [2.24, 2.45) is 0 Å². The molecule has 1 rings (SSSR count). The topological polar surface area (TPSA) is 84.9 Å². The van der Waals surface area contributed by atoms with Crippen LogP contribution < -0.4 is 5.48 Å². The van der Waals surface area contributed by atoms with Crippen molar-refractivity contribution in [3.8, 4) is 0 Å². The van der Waals surface area contributed by atoms with Crippen LogP contribution in [0.25, 0.3) is 0 Å². The molecule has 0 fully saturated rings. The molecule has 0 aliphatic carbocycles. The molecule has 86 valence electrons. The lowest BCUT2D eigenvalue weighted by Gasteiger charge is -2.07. The number of ether oxygens (including phenoxy) is 2. The summed E-state index contributed by atoms with van der Waals surface area (Å²) in [7, 11) is 2.44. The Morgan fingerprint density at radius 1 is 1.19 bits per heavy atom. The van der Waals surface area contributed by atoms with Gasteiger partial charge >= 0.3 is 11.9 Å². The summed E-state index contributed by atoms with van der Waals surface area (Å²) in [6.45, 7) is 0. The molecule has 16 heavy (non-hydrogen) atoms. The van der Waals surface area contributed by atoms with Crippen LogP contribution in [-0.2, 0) is 9.47 Å². The molecule has 1 aromatic carbocycles. The SMILES string of the molecule is COC(=O)c1ccc(NO)c(C(=O)OC)c1. The second-order valence-electron chi connectivity index (χ2n) is 2.86. The summed E-state index contributed by atoms with van der Waals surface area (Å²) in [5.41, 5.74) is 2.24. The van der Waals surface area contributed by atoms with Crippen LogP contribution in [0.3, 0.4) is 0 Å². The van der Waals surface area contributed by atoms with Crippen LogP contribution in [0.1, 0.15) is 20.7 Å². The van der Waals surface area contributed by atoms with E-state index in [1.807, 2.05) is 5.48 Å². The Kier molecular flexibility index (Phi) is 3.84. The van der Waals surface area contributed by atoms with Crippen LogP contribution in [0.2, 0.25) is 0 Å². The molecule has 0 saturated carbocycles. The van der Waals surface area contributed by atoms with E-state index in [2.05, 4.69) is 9.47 Å². The first-order valence-corrected chi connectivity index (χ1v) is 4.34. The third-order valence-corrected chi connectivity index (χ3v) is 1.97. The minimum absolute atomic E-state index is 0.0490. The fourth-order valence-electron chi connectivity index (χ4n) is 1.17. The van der Waals surface area contributed by atoms with Gasteiger partial charge in [0.05, 0.1) is 31.0 Å². The largest absolute Gasteiger partial charge is 0.465 e. The Bertz CT molecular complexity index is 416. The zero-order chi connectivity index (χ0) is 12.1. The zero-order valence-corrected chi connectivity index (χ0v) is 8.81. The quantitative estimate of drug-likeness (QED) is 0.591. The first kappa shape index (κ1) is 12.0. The van der Waals surface area contributed by atoms with E-state index in [0.29, 0.717) is 0 Å². The van der Waals surface area contributed by atoms with Crippen molar-refractivity contribution >= 4 is 17.6 Å². The van der Waals surface area contributed by atoms with Crippen molar-refractivity contribution < 1.29 is 24.3 Å². The Morgan fingerprint density at radius 2 is 1.81 bits per heavy atom. The average Bonchev–Trinajstić information content (AvgIpc) is 2.35. The van der Waals surface area contributed by atoms with Gasteiger partial charge in [0.15, 0.2) is 0 Å². The number of methoxy groups -OCH3 is 2. The highest BCUT2D eigenvalue weighted by atomic mass is 16.5. The summed E-state index contributed by atoms with van der Waals surface area (Å²) in [5, 5.41) is 8.78. The zero-order valence-electron chi connectivity index (χ0n) is 8.81. The first-order chi connectivity index (χ1) is 7.63. The smallest absolute Gasteiger partial charge is 0.340 e. The van der Waals surface area contributed by atoms with E-state index in [1.165, 1.54) is 32.4 Å². The van der Waals surface area contributed by atoms with Gasteiger partial charge in [0.1, 0.15) is 0 Å². The second kappa shape index (κ2) is 5.13. The third kappa shape index (κ3) is 2.29. The number of benzene rings is 1. The summed E-state index contributed by atoms with van der Waals surface area (Å²) in [6, 6.07) is 4.06. The molecule has 0 aliphatic heterocycles. The minimum Gasteiger partial charge on any atom is -0.465 e. The van der Waals surface area contributed by atoms with E-state index in [1.54, 1.807) is 0 Å². The van der Waals surface area contributed by atoms with Crippen molar-refractivity contribution in [2.75, 3.05) is 19.7 Å². The van der Waals surface area contributed by atoms with Gasteiger partial charge in [-0.15, -0.1) is 0 Å². The fraction of sp³-hybridized carbons (Fsp3) is 0.200. The summed E-state index contributed by atoms with van der Waals surface area (Å²) >= 11 is 0. The van der Waals surface area contributed by atoms with E-state index in [4.69, 9.17) is 5.21 Å². The lowest BCUT2D eigenvalue weighted by Crippen LogP contribution is -2.09. The number of anilines is 1. The first-order valence-electron chi connectivity index (χ1n) is 4.34. The molecule has 0 aliphatic rings. The lowest BCUT2D eigenvalue weighted by atomic mass is 10.1. The number of carbonyl (C=O) groups is 2. The summed E-state index contributed by atoms with van der Waals surface area (Å²) < 4.78 is 9.01. The second-order valence-corrected chi connectivity index (χ2v) is 2.86. The molecule has 0 unspecified atom stereocenters. The van der Waals surface area contributed by atoms with Crippen LogP contribution in [0, 0.1) is 0 Å². The van der Waals surface area contributed by atoms with Gasteiger partial charge < -0.3 is 9.47 Å². The van der Waals surface area contributed by atoms with Crippen LogP contribution in [0.4, 0.5) is 5.69 Å². The molecule has 6 nitrogen and oxygen atoms in total. The lowest BCUT2D eigenvalue weighted by molar-refractivity contribution is 0.0599. The van der Waals surface area contributed by atoms with Crippen LogP contribution in [-0.4, -0.2) is 31.4 Å². The number of esters is 2. The molecule has 0 bridgehead atoms. The Morgan fingerprint density at radius 3 is 2.31 bits per heavy atom.